The van der Waals surface area contributed by atoms with Crippen molar-refractivity contribution in [3.63, 3.8) is 0 Å². The van der Waals surface area contributed by atoms with Gasteiger partial charge in [-0.15, -0.1) is 0 Å². The van der Waals surface area contributed by atoms with Gasteiger partial charge in [0.25, 0.3) is 0 Å². The minimum absolute atomic E-state index is 0.700. The van der Waals surface area contributed by atoms with Crippen LogP contribution in [0.15, 0.2) is 10.8 Å². The standard InChI is InChI=1S/C10H13BrN4/c1-6-13-5-8-7(3-2-4-12)9(11)15-10(8)14-6/h5H,2-4,12H2,1H3,(H,13,14,15). The molecule has 5 heteroatoms. The lowest BCUT2D eigenvalue weighted by Gasteiger charge is -1.98. The summed E-state index contributed by atoms with van der Waals surface area (Å²) in [6, 6.07) is 0. The second-order valence-corrected chi connectivity index (χ2v) is 4.28. The predicted octanol–water partition coefficient (Wildman–Crippen LogP) is 1.92. The van der Waals surface area contributed by atoms with E-state index in [2.05, 4.69) is 30.9 Å². The molecule has 0 saturated heterocycles. The van der Waals surface area contributed by atoms with E-state index >= 15 is 0 Å². The topological polar surface area (TPSA) is 67.6 Å². The molecule has 15 heavy (non-hydrogen) atoms. The number of aryl methyl sites for hydroxylation is 2. The average Bonchev–Trinajstić information content (AvgIpc) is 2.50. The van der Waals surface area contributed by atoms with Crippen LogP contribution in [0.3, 0.4) is 0 Å². The first kappa shape index (κ1) is 10.6. The molecule has 2 rings (SSSR count). The lowest BCUT2D eigenvalue weighted by Crippen LogP contribution is -2.00. The van der Waals surface area contributed by atoms with Crippen molar-refractivity contribution in [2.45, 2.75) is 19.8 Å². The molecule has 2 aromatic rings. The second kappa shape index (κ2) is 4.28. The zero-order chi connectivity index (χ0) is 10.8. The molecule has 0 aliphatic heterocycles. The van der Waals surface area contributed by atoms with Crippen molar-refractivity contribution in [3.8, 4) is 0 Å². The SMILES string of the molecule is Cc1ncc2c(CCCN)c(Br)[nH]c2n1. The Kier molecular flexibility index (Phi) is 3.02. The minimum atomic E-state index is 0.700. The van der Waals surface area contributed by atoms with E-state index in [-0.39, 0.29) is 0 Å². The Morgan fingerprint density at radius 3 is 3.07 bits per heavy atom. The van der Waals surface area contributed by atoms with Gasteiger partial charge in [-0.05, 0) is 47.8 Å². The molecule has 3 N–H and O–H groups in total. The molecule has 0 aromatic carbocycles. The molecule has 0 atom stereocenters. The summed E-state index contributed by atoms with van der Waals surface area (Å²) in [7, 11) is 0. The van der Waals surface area contributed by atoms with Gasteiger partial charge in [-0.3, -0.25) is 0 Å². The molecule has 2 aromatic heterocycles. The number of halogens is 1. The fourth-order valence-corrected chi connectivity index (χ4v) is 2.21. The van der Waals surface area contributed by atoms with Crippen LogP contribution >= 0.6 is 15.9 Å². The zero-order valence-corrected chi connectivity index (χ0v) is 10.1. The Hall–Kier alpha value is -0.940. The molecule has 0 saturated carbocycles. The summed E-state index contributed by atoms with van der Waals surface area (Å²) in [5.41, 5.74) is 7.61. The molecule has 0 radical (unpaired) electrons. The van der Waals surface area contributed by atoms with Crippen LogP contribution < -0.4 is 5.73 Å². The number of fused-ring (bicyclic) bond motifs is 1. The van der Waals surface area contributed by atoms with Crippen LogP contribution in [0.25, 0.3) is 11.0 Å². The molecule has 0 bridgehead atoms. The van der Waals surface area contributed by atoms with Crippen molar-refractivity contribution in [2.24, 2.45) is 5.73 Å². The van der Waals surface area contributed by atoms with Crippen molar-refractivity contribution >= 4 is 27.0 Å². The van der Waals surface area contributed by atoms with Crippen LogP contribution in [0.4, 0.5) is 0 Å². The number of H-pyrrole nitrogens is 1. The van der Waals surface area contributed by atoms with Crippen LogP contribution in [0.5, 0.6) is 0 Å². The number of nitrogens with two attached hydrogens (primary N) is 1. The molecular weight excluding hydrogens is 256 g/mol. The summed E-state index contributed by atoms with van der Waals surface area (Å²) in [6.07, 6.45) is 3.79. The number of rotatable bonds is 3. The number of nitrogens with one attached hydrogen (secondary N) is 1. The van der Waals surface area contributed by atoms with Gasteiger partial charge >= 0.3 is 0 Å². The van der Waals surface area contributed by atoms with Gasteiger partial charge in [0.1, 0.15) is 11.5 Å². The van der Waals surface area contributed by atoms with Crippen molar-refractivity contribution in [2.75, 3.05) is 6.54 Å². The first-order chi connectivity index (χ1) is 7.22. The summed E-state index contributed by atoms with van der Waals surface area (Å²) in [4.78, 5) is 11.7. The molecule has 4 nitrogen and oxygen atoms in total. The highest BCUT2D eigenvalue weighted by molar-refractivity contribution is 9.10. The quantitative estimate of drug-likeness (QED) is 0.894. The summed E-state index contributed by atoms with van der Waals surface area (Å²) in [6.45, 7) is 2.58. The van der Waals surface area contributed by atoms with Crippen molar-refractivity contribution in [1.82, 2.24) is 15.0 Å². The van der Waals surface area contributed by atoms with Gasteiger partial charge in [0, 0.05) is 11.6 Å². The van der Waals surface area contributed by atoms with E-state index in [0.717, 1.165) is 34.3 Å². The van der Waals surface area contributed by atoms with Crippen molar-refractivity contribution < 1.29 is 0 Å². The van der Waals surface area contributed by atoms with E-state index in [4.69, 9.17) is 5.73 Å². The molecule has 0 fully saturated rings. The van der Waals surface area contributed by atoms with Gasteiger partial charge in [0.2, 0.25) is 0 Å². The Bertz CT molecular complexity index is 477. The summed E-state index contributed by atoms with van der Waals surface area (Å²) in [5.74, 6) is 0.779. The lowest BCUT2D eigenvalue weighted by atomic mass is 10.1. The third-order valence-electron chi connectivity index (χ3n) is 2.36. The van der Waals surface area contributed by atoms with Gasteiger partial charge in [0.15, 0.2) is 0 Å². The van der Waals surface area contributed by atoms with E-state index in [1.165, 1.54) is 5.56 Å². The van der Waals surface area contributed by atoms with Gasteiger partial charge in [-0.2, -0.15) is 0 Å². The lowest BCUT2D eigenvalue weighted by molar-refractivity contribution is 0.833. The van der Waals surface area contributed by atoms with Crippen LogP contribution in [0.1, 0.15) is 17.8 Å². The first-order valence-electron chi connectivity index (χ1n) is 4.92. The maximum atomic E-state index is 5.51. The van der Waals surface area contributed by atoms with Crippen LogP contribution in [0, 0.1) is 6.92 Å². The van der Waals surface area contributed by atoms with E-state index in [0.29, 0.717) is 6.54 Å². The molecule has 0 aliphatic rings. The maximum absolute atomic E-state index is 5.51. The summed E-state index contributed by atoms with van der Waals surface area (Å²) in [5, 5.41) is 1.08. The number of aromatic nitrogens is 3. The minimum Gasteiger partial charge on any atom is -0.334 e. The third-order valence-corrected chi connectivity index (χ3v) is 3.04. The van der Waals surface area contributed by atoms with E-state index in [1.54, 1.807) is 0 Å². The Morgan fingerprint density at radius 1 is 1.53 bits per heavy atom. The van der Waals surface area contributed by atoms with Crippen LogP contribution in [0.2, 0.25) is 0 Å². The molecule has 0 unspecified atom stereocenters. The Labute approximate surface area is 96.4 Å². The highest BCUT2D eigenvalue weighted by Crippen LogP contribution is 2.25. The van der Waals surface area contributed by atoms with Gasteiger partial charge in [0.05, 0.1) is 4.60 Å². The highest BCUT2D eigenvalue weighted by atomic mass is 79.9. The van der Waals surface area contributed by atoms with E-state index in [9.17, 15) is 0 Å². The Balaban J connectivity index is 2.48. The smallest absolute Gasteiger partial charge is 0.142 e. The van der Waals surface area contributed by atoms with Crippen molar-refractivity contribution in [3.05, 3.63) is 22.2 Å². The van der Waals surface area contributed by atoms with Crippen molar-refractivity contribution in [1.29, 1.82) is 0 Å². The zero-order valence-electron chi connectivity index (χ0n) is 8.55. The fourth-order valence-electron chi connectivity index (χ4n) is 1.61. The number of aromatic amines is 1. The largest absolute Gasteiger partial charge is 0.334 e. The number of hydrogen-bond donors (Lipinski definition) is 2. The molecule has 80 valence electrons. The predicted molar refractivity (Wildman–Crippen MR) is 63.7 cm³/mol. The van der Waals surface area contributed by atoms with Gasteiger partial charge < -0.3 is 10.7 Å². The molecular formula is C10H13BrN4. The number of nitrogens with zero attached hydrogens (tertiary/aromatic N) is 2. The van der Waals surface area contributed by atoms with Gasteiger partial charge in [-0.25, -0.2) is 9.97 Å². The second-order valence-electron chi connectivity index (χ2n) is 3.49. The number of hydrogen-bond acceptors (Lipinski definition) is 3. The Morgan fingerprint density at radius 2 is 2.33 bits per heavy atom. The molecule has 0 amide bonds. The average molecular weight is 269 g/mol. The van der Waals surface area contributed by atoms with Crippen LogP contribution in [-0.4, -0.2) is 21.5 Å². The molecule has 0 spiro atoms. The molecule has 0 aliphatic carbocycles. The summed E-state index contributed by atoms with van der Waals surface area (Å²) >= 11 is 3.50. The highest BCUT2D eigenvalue weighted by Gasteiger charge is 2.10. The monoisotopic (exact) mass is 268 g/mol. The molecule has 2 heterocycles. The fraction of sp³-hybridized carbons (Fsp3) is 0.400. The maximum Gasteiger partial charge on any atom is 0.142 e. The van der Waals surface area contributed by atoms with E-state index in [1.807, 2.05) is 13.1 Å². The van der Waals surface area contributed by atoms with Crippen LogP contribution in [-0.2, 0) is 6.42 Å². The third kappa shape index (κ3) is 2.03. The van der Waals surface area contributed by atoms with E-state index < -0.39 is 0 Å². The summed E-state index contributed by atoms with van der Waals surface area (Å²) < 4.78 is 0.992. The first-order valence-corrected chi connectivity index (χ1v) is 5.71. The van der Waals surface area contributed by atoms with Gasteiger partial charge in [-0.1, -0.05) is 0 Å². The normalized spacial score (nSPS) is 11.1.